The highest BCUT2D eigenvalue weighted by molar-refractivity contribution is 6.37. The molecule has 1 aromatic carbocycles. The van der Waals surface area contributed by atoms with E-state index in [1.807, 2.05) is 0 Å². The SMILES string of the molecule is CC(C)C(=O)Nc1c(OC(F)F)ccc(C(=O)Nc2nnnn2C)c1Cl. The molecule has 2 rings (SSSR count). The molecule has 140 valence electrons. The number of anilines is 2. The number of nitrogens with zero attached hydrogens (tertiary/aromatic N) is 4. The standard InChI is InChI=1S/C14H15ClF2N6O3/c1-6(2)11(24)18-10-8(26-13(16)17)5-4-7(9(10)15)12(25)19-14-20-21-22-23(14)3/h4-6,13H,1-3H3,(H,18,24)(H,19,20,22,25). The van der Waals surface area contributed by atoms with Gasteiger partial charge in [-0.15, -0.1) is 0 Å². The van der Waals surface area contributed by atoms with Crippen molar-refractivity contribution in [3.05, 3.63) is 22.7 Å². The summed E-state index contributed by atoms with van der Waals surface area (Å²) in [4.78, 5) is 24.3. The number of aryl methyl sites for hydroxylation is 1. The Labute approximate surface area is 151 Å². The van der Waals surface area contributed by atoms with Gasteiger partial charge < -0.3 is 10.1 Å². The summed E-state index contributed by atoms with van der Waals surface area (Å²) in [7, 11) is 1.51. The third kappa shape index (κ3) is 4.42. The third-order valence-electron chi connectivity index (χ3n) is 3.18. The van der Waals surface area contributed by atoms with Crippen molar-refractivity contribution < 1.29 is 23.1 Å². The van der Waals surface area contributed by atoms with Crippen LogP contribution in [0.3, 0.4) is 0 Å². The summed E-state index contributed by atoms with van der Waals surface area (Å²) in [6.07, 6.45) is 0. The molecule has 0 fully saturated rings. The van der Waals surface area contributed by atoms with Crippen LogP contribution in [0.2, 0.25) is 5.02 Å². The lowest BCUT2D eigenvalue weighted by Crippen LogP contribution is -2.21. The predicted molar refractivity (Wildman–Crippen MR) is 88.3 cm³/mol. The van der Waals surface area contributed by atoms with Crippen LogP contribution in [0.4, 0.5) is 20.4 Å². The van der Waals surface area contributed by atoms with Crippen molar-refractivity contribution in [2.24, 2.45) is 13.0 Å². The van der Waals surface area contributed by atoms with Crippen LogP contribution >= 0.6 is 11.6 Å². The van der Waals surface area contributed by atoms with Gasteiger partial charge in [-0.3, -0.25) is 14.9 Å². The molecule has 0 unspecified atom stereocenters. The second-order valence-corrected chi connectivity index (χ2v) is 5.78. The summed E-state index contributed by atoms with van der Waals surface area (Å²) in [5.41, 5.74) is -0.315. The zero-order chi connectivity index (χ0) is 19.4. The Kier molecular flexibility index (Phi) is 6.03. The first kappa shape index (κ1) is 19.5. The molecule has 0 aliphatic heterocycles. The van der Waals surface area contributed by atoms with Crippen LogP contribution in [-0.4, -0.2) is 38.6 Å². The van der Waals surface area contributed by atoms with Gasteiger partial charge in [0.15, 0.2) is 5.75 Å². The molecular weight excluding hydrogens is 374 g/mol. The Balaban J connectivity index is 2.39. The molecule has 0 bridgehead atoms. The van der Waals surface area contributed by atoms with Gasteiger partial charge >= 0.3 is 6.61 Å². The largest absolute Gasteiger partial charge is 0.433 e. The molecule has 9 nitrogen and oxygen atoms in total. The summed E-state index contributed by atoms with van der Waals surface area (Å²) < 4.78 is 30.8. The van der Waals surface area contributed by atoms with Crippen molar-refractivity contribution in [3.63, 3.8) is 0 Å². The Morgan fingerprint density at radius 1 is 1.27 bits per heavy atom. The van der Waals surface area contributed by atoms with E-state index >= 15 is 0 Å². The summed E-state index contributed by atoms with van der Waals surface area (Å²) >= 11 is 6.16. The quantitative estimate of drug-likeness (QED) is 0.785. The van der Waals surface area contributed by atoms with Crippen LogP contribution < -0.4 is 15.4 Å². The zero-order valence-electron chi connectivity index (χ0n) is 14.0. The van der Waals surface area contributed by atoms with Gasteiger partial charge in [0.1, 0.15) is 5.69 Å². The molecule has 2 amide bonds. The highest BCUT2D eigenvalue weighted by atomic mass is 35.5. The number of alkyl halides is 2. The van der Waals surface area contributed by atoms with Gasteiger partial charge in [-0.25, -0.2) is 4.68 Å². The highest BCUT2D eigenvalue weighted by Crippen LogP contribution is 2.37. The summed E-state index contributed by atoms with van der Waals surface area (Å²) in [5, 5.41) is 15.1. The van der Waals surface area contributed by atoms with Crippen molar-refractivity contribution >= 4 is 35.1 Å². The molecule has 12 heteroatoms. The van der Waals surface area contributed by atoms with Gasteiger partial charge in [0, 0.05) is 13.0 Å². The molecule has 0 spiro atoms. The van der Waals surface area contributed by atoms with Gasteiger partial charge in [-0.1, -0.05) is 30.5 Å². The van der Waals surface area contributed by atoms with E-state index in [-0.39, 0.29) is 28.0 Å². The minimum absolute atomic E-state index is 0.0479. The minimum Gasteiger partial charge on any atom is -0.433 e. The maximum atomic E-state index is 12.6. The number of tetrazole rings is 1. The topological polar surface area (TPSA) is 111 Å². The fourth-order valence-electron chi connectivity index (χ4n) is 1.82. The third-order valence-corrected chi connectivity index (χ3v) is 3.58. The van der Waals surface area contributed by atoms with Crippen LogP contribution in [0.15, 0.2) is 12.1 Å². The average Bonchev–Trinajstić information content (AvgIpc) is 2.95. The fraction of sp³-hybridized carbons (Fsp3) is 0.357. The molecule has 0 radical (unpaired) electrons. The molecule has 0 aliphatic carbocycles. The van der Waals surface area contributed by atoms with Gasteiger partial charge in [0.25, 0.3) is 5.91 Å². The molecule has 1 aromatic heterocycles. The number of ether oxygens (including phenoxy) is 1. The number of halogens is 3. The van der Waals surface area contributed by atoms with Crippen molar-refractivity contribution in [2.75, 3.05) is 10.6 Å². The van der Waals surface area contributed by atoms with Gasteiger partial charge in [-0.05, 0) is 22.6 Å². The maximum Gasteiger partial charge on any atom is 0.387 e. The Morgan fingerprint density at radius 2 is 1.96 bits per heavy atom. The number of hydrogen-bond donors (Lipinski definition) is 2. The number of aromatic nitrogens is 4. The second-order valence-electron chi connectivity index (χ2n) is 5.40. The predicted octanol–water partition coefficient (Wildman–Crippen LogP) is 2.31. The number of nitrogens with one attached hydrogen (secondary N) is 2. The fourth-order valence-corrected chi connectivity index (χ4v) is 2.11. The smallest absolute Gasteiger partial charge is 0.387 e. The lowest BCUT2D eigenvalue weighted by atomic mass is 10.1. The second kappa shape index (κ2) is 8.04. The number of carbonyl (C=O) groups is 2. The highest BCUT2D eigenvalue weighted by Gasteiger charge is 2.23. The summed E-state index contributed by atoms with van der Waals surface area (Å²) in [6, 6.07) is 2.29. The van der Waals surface area contributed by atoms with Crippen LogP contribution in [0, 0.1) is 5.92 Å². The Bertz CT molecular complexity index is 827. The molecule has 0 saturated heterocycles. The number of rotatable bonds is 6. The van der Waals surface area contributed by atoms with E-state index in [4.69, 9.17) is 11.6 Å². The van der Waals surface area contributed by atoms with Crippen molar-refractivity contribution in [2.45, 2.75) is 20.5 Å². The van der Waals surface area contributed by atoms with E-state index in [1.54, 1.807) is 13.8 Å². The van der Waals surface area contributed by atoms with Crippen LogP contribution in [-0.2, 0) is 11.8 Å². The lowest BCUT2D eigenvalue weighted by molar-refractivity contribution is -0.119. The summed E-state index contributed by atoms with van der Waals surface area (Å²) in [6.45, 7) is 0.0772. The van der Waals surface area contributed by atoms with Crippen LogP contribution in [0.25, 0.3) is 0 Å². The maximum absolute atomic E-state index is 12.6. The zero-order valence-corrected chi connectivity index (χ0v) is 14.7. The molecule has 2 N–H and O–H groups in total. The van der Waals surface area contributed by atoms with Crippen molar-refractivity contribution in [1.29, 1.82) is 0 Å². The first-order valence-corrected chi connectivity index (χ1v) is 7.70. The number of benzene rings is 1. The van der Waals surface area contributed by atoms with Crippen LogP contribution in [0.5, 0.6) is 5.75 Å². The monoisotopic (exact) mass is 388 g/mol. The molecule has 0 saturated carbocycles. The van der Waals surface area contributed by atoms with Gasteiger partial charge in [0.2, 0.25) is 11.9 Å². The minimum atomic E-state index is -3.13. The van der Waals surface area contributed by atoms with Crippen LogP contribution in [0.1, 0.15) is 24.2 Å². The van der Waals surface area contributed by atoms with Gasteiger partial charge in [-0.2, -0.15) is 8.78 Å². The van der Waals surface area contributed by atoms with Crippen molar-refractivity contribution in [3.8, 4) is 5.75 Å². The van der Waals surface area contributed by atoms with Crippen molar-refractivity contribution in [1.82, 2.24) is 20.2 Å². The first-order valence-electron chi connectivity index (χ1n) is 7.32. The molecular formula is C14H15ClF2N6O3. The van der Waals surface area contributed by atoms with E-state index in [2.05, 4.69) is 30.9 Å². The average molecular weight is 389 g/mol. The Hall–Kier alpha value is -2.82. The molecule has 2 aromatic rings. The number of carbonyl (C=O) groups excluding carboxylic acids is 2. The first-order chi connectivity index (χ1) is 12.2. The molecule has 1 heterocycles. The van der Waals surface area contributed by atoms with E-state index in [1.165, 1.54) is 17.8 Å². The number of amides is 2. The normalized spacial score (nSPS) is 10.9. The Morgan fingerprint density at radius 3 is 2.50 bits per heavy atom. The van der Waals surface area contributed by atoms with E-state index < -0.39 is 24.3 Å². The number of hydrogen-bond acceptors (Lipinski definition) is 6. The lowest BCUT2D eigenvalue weighted by Gasteiger charge is -2.16. The molecule has 0 aliphatic rings. The van der Waals surface area contributed by atoms with Gasteiger partial charge in [0.05, 0.1) is 10.6 Å². The van der Waals surface area contributed by atoms with E-state index in [0.717, 1.165) is 6.07 Å². The molecule has 0 atom stereocenters. The van der Waals surface area contributed by atoms with E-state index in [9.17, 15) is 18.4 Å². The molecule has 26 heavy (non-hydrogen) atoms. The van der Waals surface area contributed by atoms with E-state index in [0.29, 0.717) is 0 Å². The summed E-state index contributed by atoms with van der Waals surface area (Å²) in [5.74, 6) is -1.95.